The van der Waals surface area contributed by atoms with E-state index in [1.165, 1.54) is 10.7 Å². The van der Waals surface area contributed by atoms with Crippen LogP contribution < -0.4 is 15.0 Å². The molecule has 0 spiro atoms. The Hall–Kier alpha value is -3.38. The number of amides is 1. The standard InChI is InChI=1S/C25H28F3N5O4/c1-23(35)12-15-10-18(31-22(34)17-13-30-33-7-3-6-29-21(17)33)19(11-20(15)37-14-23)32-8-4-16(5-9-32)24(2,36)25(26,27)28/h3,6-7,10-11,13,16,35-36H,4-5,8-9,12,14H2,1-2H3,(H,31,34)/t23?,24-/m1/s1. The fourth-order valence-corrected chi connectivity index (χ4v) is 5.03. The normalized spacial score (nSPS) is 22.3. The van der Waals surface area contributed by atoms with Crippen molar-refractivity contribution >= 4 is 22.9 Å². The van der Waals surface area contributed by atoms with Crippen molar-refractivity contribution in [3.8, 4) is 5.75 Å². The summed E-state index contributed by atoms with van der Waals surface area (Å²) < 4.78 is 47.4. The zero-order valence-corrected chi connectivity index (χ0v) is 20.4. The molecule has 1 amide bonds. The molecule has 0 aliphatic carbocycles. The number of halogens is 3. The van der Waals surface area contributed by atoms with Crippen LogP contribution in [0.1, 0.15) is 42.6 Å². The van der Waals surface area contributed by atoms with Crippen LogP contribution in [0, 0.1) is 5.92 Å². The summed E-state index contributed by atoms with van der Waals surface area (Å²) in [6.45, 7) is 3.06. The molecule has 12 heteroatoms. The molecule has 0 radical (unpaired) electrons. The number of anilines is 2. The Morgan fingerprint density at radius 2 is 2.00 bits per heavy atom. The van der Waals surface area contributed by atoms with E-state index >= 15 is 0 Å². The number of piperidine rings is 1. The molecule has 3 aromatic rings. The van der Waals surface area contributed by atoms with Gasteiger partial charge < -0.3 is 25.2 Å². The second kappa shape index (κ2) is 8.88. The fraction of sp³-hybridized carbons (Fsp3) is 0.480. The van der Waals surface area contributed by atoms with Crippen molar-refractivity contribution in [1.82, 2.24) is 14.6 Å². The SMILES string of the molecule is CC1(O)COc2cc(N3CCC([C@@](C)(O)C(F)(F)F)CC3)c(NC(=O)c3cnn4cccnc34)cc2C1. The van der Waals surface area contributed by atoms with E-state index in [0.29, 0.717) is 34.8 Å². The lowest BCUT2D eigenvalue weighted by atomic mass is 9.81. The van der Waals surface area contributed by atoms with Crippen molar-refractivity contribution in [2.75, 3.05) is 29.9 Å². The first-order chi connectivity index (χ1) is 17.4. The van der Waals surface area contributed by atoms with E-state index in [9.17, 15) is 28.2 Å². The van der Waals surface area contributed by atoms with E-state index in [4.69, 9.17) is 4.74 Å². The number of alkyl halides is 3. The van der Waals surface area contributed by atoms with E-state index in [1.54, 1.807) is 37.5 Å². The average molecular weight is 520 g/mol. The molecule has 5 rings (SSSR count). The summed E-state index contributed by atoms with van der Waals surface area (Å²) in [6, 6.07) is 5.17. The van der Waals surface area contributed by atoms with Crippen molar-refractivity contribution in [2.24, 2.45) is 5.92 Å². The molecule has 2 aliphatic rings. The molecular weight excluding hydrogens is 491 g/mol. The highest BCUT2D eigenvalue weighted by molar-refractivity contribution is 6.09. The van der Waals surface area contributed by atoms with Crippen LogP contribution in [0.2, 0.25) is 0 Å². The lowest BCUT2D eigenvalue weighted by molar-refractivity contribution is -0.273. The Balaban J connectivity index is 1.45. The third-order valence-corrected chi connectivity index (χ3v) is 7.27. The number of ether oxygens (including phenoxy) is 1. The number of rotatable bonds is 4. The van der Waals surface area contributed by atoms with Crippen LogP contribution in [-0.4, -0.2) is 67.8 Å². The van der Waals surface area contributed by atoms with Crippen LogP contribution in [0.5, 0.6) is 5.75 Å². The minimum absolute atomic E-state index is 0.0930. The van der Waals surface area contributed by atoms with Crippen molar-refractivity contribution in [1.29, 1.82) is 0 Å². The number of fused-ring (bicyclic) bond motifs is 2. The summed E-state index contributed by atoms with van der Waals surface area (Å²) in [4.78, 5) is 19.3. The fourth-order valence-electron chi connectivity index (χ4n) is 5.03. The molecule has 1 saturated heterocycles. The van der Waals surface area contributed by atoms with E-state index in [1.807, 2.05) is 4.90 Å². The zero-order valence-electron chi connectivity index (χ0n) is 20.4. The predicted octanol–water partition coefficient (Wildman–Crippen LogP) is 3.20. The van der Waals surface area contributed by atoms with Crippen molar-refractivity contribution in [3.63, 3.8) is 0 Å². The highest BCUT2D eigenvalue weighted by Gasteiger charge is 2.55. The Kier molecular flexibility index (Phi) is 6.06. The Morgan fingerprint density at radius 1 is 1.27 bits per heavy atom. The summed E-state index contributed by atoms with van der Waals surface area (Å²) in [5, 5.41) is 27.7. The number of hydrogen-bond acceptors (Lipinski definition) is 7. The molecule has 1 fully saturated rings. The average Bonchev–Trinajstić information content (AvgIpc) is 3.27. The minimum Gasteiger partial charge on any atom is -0.490 e. The Labute approximate surface area is 210 Å². The third-order valence-electron chi connectivity index (χ3n) is 7.27. The summed E-state index contributed by atoms with van der Waals surface area (Å²) in [5.74, 6) is -0.856. The lowest BCUT2D eigenvalue weighted by Gasteiger charge is -2.41. The lowest BCUT2D eigenvalue weighted by Crippen LogP contribution is -2.52. The van der Waals surface area contributed by atoms with E-state index in [-0.39, 0.29) is 38.1 Å². The Bertz CT molecular complexity index is 1330. The smallest absolute Gasteiger partial charge is 0.417 e. The number of carbonyl (C=O) groups is 1. The molecule has 9 nitrogen and oxygen atoms in total. The van der Waals surface area contributed by atoms with Gasteiger partial charge in [-0.05, 0) is 50.3 Å². The van der Waals surface area contributed by atoms with Gasteiger partial charge in [-0.25, -0.2) is 9.50 Å². The minimum atomic E-state index is -4.72. The van der Waals surface area contributed by atoms with Gasteiger partial charge in [-0.3, -0.25) is 4.79 Å². The van der Waals surface area contributed by atoms with Gasteiger partial charge in [-0.2, -0.15) is 18.3 Å². The number of hydrogen-bond donors (Lipinski definition) is 3. The van der Waals surface area contributed by atoms with Gasteiger partial charge in [0.05, 0.1) is 23.2 Å². The first-order valence-corrected chi connectivity index (χ1v) is 12.0. The van der Waals surface area contributed by atoms with Gasteiger partial charge in [0.1, 0.15) is 17.9 Å². The molecule has 1 aromatic carbocycles. The molecule has 198 valence electrons. The van der Waals surface area contributed by atoms with Gasteiger partial charge in [0.2, 0.25) is 0 Å². The topological polar surface area (TPSA) is 112 Å². The van der Waals surface area contributed by atoms with Crippen molar-refractivity contribution < 1.29 is 32.9 Å². The maximum absolute atomic E-state index is 13.4. The molecule has 4 heterocycles. The second-order valence-corrected chi connectivity index (χ2v) is 10.2. The van der Waals surface area contributed by atoms with E-state index < -0.39 is 29.2 Å². The maximum Gasteiger partial charge on any atom is 0.417 e. The van der Waals surface area contributed by atoms with Crippen LogP contribution in [-0.2, 0) is 6.42 Å². The molecule has 1 unspecified atom stereocenters. The molecular formula is C25H28F3N5O4. The second-order valence-electron chi connectivity index (χ2n) is 10.2. The van der Waals surface area contributed by atoms with Gasteiger partial charge in [0.15, 0.2) is 11.2 Å². The summed E-state index contributed by atoms with van der Waals surface area (Å²) in [5.41, 5.74) is -1.51. The molecule has 2 atom stereocenters. The maximum atomic E-state index is 13.4. The molecule has 2 aliphatic heterocycles. The van der Waals surface area contributed by atoms with Crippen LogP contribution in [0.15, 0.2) is 36.8 Å². The first-order valence-electron chi connectivity index (χ1n) is 12.0. The first kappa shape index (κ1) is 25.3. The number of carbonyl (C=O) groups excluding carboxylic acids is 1. The number of nitrogens with one attached hydrogen (secondary N) is 1. The van der Waals surface area contributed by atoms with Crippen LogP contribution in [0.4, 0.5) is 24.5 Å². The largest absolute Gasteiger partial charge is 0.490 e. The summed E-state index contributed by atoms with van der Waals surface area (Å²) >= 11 is 0. The Morgan fingerprint density at radius 3 is 2.70 bits per heavy atom. The molecule has 0 saturated carbocycles. The highest BCUT2D eigenvalue weighted by atomic mass is 19.4. The number of nitrogens with zero attached hydrogens (tertiary/aromatic N) is 4. The quantitative estimate of drug-likeness (QED) is 0.485. The highest BCUT2D eigenvalue weighted by Crippen LogP contribution is 2.43. The van der Waals surface area contributed by atoms with Crippen LogP contribution in [0.25, 0.3) is 5.65 Å². The summed E-state index contributed by atoms with van der Waals surface area (Å²) in [7, 11) is 0. The van der Waals surface area contributed by atoms with Gasteiger partial charge >= 0.3 is 6.18 Å². The van der Waals surface area contributed by atoms with Crippen molar-refractivity contribution in [2.45, 2.75) is 50.5 Å². The summed E-state index contributed by atoms with van der Waals surface area (Å²) in [6.07, 6.45) is 0.447. The third kappa shape index (κ3) is 4.71. The van der Waals surface area contributed by atoms with Gasteiger partial charge in [-0.15, -0.1) is 0 Å². The number of benzene rings is 1. The van der Waals surface area contributed by atoms with Gasteiger partial charge in [-0.1, -0.05) is 0 Å². The van der Waals surface area contributed by atoms with Gasteiger partial charge in [0, 0.05) is 38.0 Å². The van der Waals surface area contributed by atoms with Crippen molar-refractivity contribution in [3.05, 3.63) is 47.9 Å². The van der Waals surface area contributed by atoms with E-state index in [2.05, 4.69) is 15.4 Å². The number of aromatic nitrogens is 3. The van der Waals surface area contributed by atoms with E-state index in [0.717, 1.165) is 6.92 Å². The molecule has 3 N–H and O–H groups in total. The molecule has 2 aromatic heterocycles. The predicted molar refractivity (Wildman–Crippen MR) is 129 cm³/mol. The van der Waals surface area contributed by atoms with Crippen LogP contribution in [0.3, 0.4) is 0 Å². The number of aliphatic hydroxyl groups is 2. The zero-order chi connectivity index (χ0) is 26.6. The van der Waals surface area contributed by atoms with Gasteiger partial charge in [0.25, 0.3) is 5.91 Å². The molecule has 37 heavy (non-hydrogen) atoms. The molecule has 0 bridgehead atoms. The monoisotopic (exact) mass is 519 g/mol. The van der Waals surface area contributed by atoms with Crippen LogP contribution >= 0.6 is 0 Å².